The molecule has 6 nitrogen and oxygen atoms in total. The molecule has 2 aromatic carbocycles. The van der Waals surface area contributed by atoms with Gasteiger partial charge in [-0.25, -0.2) is 13.1 Å². The monoisotopic (exact) mass is 442 g/mol. The summed E-state index contributed by atoms with van der Waals surface area (Å²) in [5, 5.41) is 0. The quantitative estimate of drug-likeness (QED) is 0.669. The van der Waals surface area contributed by atoms with E-state index in [1.807, 2.05) is 29.2 Å². The molecule has 0 bridgehead atoms. The predicted molar refractivity (Wildman–Crippen MR) is 121 cm³/mol. The number of anilines is 1. The zero-order valence-electron chi connectivity index (χ0n) is 18.3. The van der Waals surface area contributed by atoms with Gasteiger partial charge < -0.3 is 9.64 Å². The van der Waals surface area contributed by atoms with Crippen molar-refractivity contribution in [1.29, 1.82) is 0 Å². The number of hydrogen-bond donors (Lipinski definition) is 1. The maximum absolute atomic E-state index is 13.2. The molecule has 0 aromatic heterocycles. The first-order chi connectivity index (χ1) is 14.8. The van der Waals surface area contributed by atoms with Gasteiger partial charge in [0.25, 0.3) is 0 Å². The number of hydrogen-bond acceptors (Lipinski definition) is 4. The molecular formula is C24H30N2O4S. The highest BCUT2D eigenvalue weighted by Crippen LogP contribution is 2.37. The minimum absolute atomic E-state index is 0.150. The van der Waals surface area contributed by atoms with Gasteiger partial charge in [0.1, 0.15) is 5.75 Å². The molecule has 166 valence electrons. The lowest BCUT2D eigenvalue weighted by Crippen LogP contribution is -2.30. The molecule has 1 N–H and O–H groups in total. The molecule has 1 atom stereocenters. The van der Waals surface area contributed by atoms with Crippen LogP contribution in [0.15, 0.2) is 47.4 Å². The number of carbonyl (C=O) groups is 1. The molecule has 1 aliphatic carbocycles. The number of fused-ring (bicyclic) bond motifs is 1. The van der Waals surface area contributed by atoms with Crippen LogP contribution in [0.5, 0.6) is 5.75 Å². The number of rotatable bonds is 8. The van der Waals surface area contributed by atoms with Gasteiger partial charge in [0, 0.05) is 24.2 Å². The molecular weight excluding hydrogens is 412 g/mol. The van der Waals surface area contributed by atoms with Crippen LogP contribution < -0.4 is 14.4 Å². The van der Waals surface area contributed by atoms with E-state index in [-0.39, 0.29) is 22.8 Å². The van der Waals surface area contributed by atoms with Gasteiger partial charge in [0.2, 0.25) is 15.9 Å². The van der Waals surface area contributed by atoms with Crippen molar-refractivity contribution in [2.24, 2.45) is 11.8 Å². The Balaban J connectivity index is 1.57. The maximum Gasteiger partial charge on any atom is 0.241 e. The number of carbonyl (C=O) groups excluding carboxylic acids is 1. The Bertz CT molecular complexity index is 1060. The topological polar surface area (TPSA) is 75.7 Å². The molecule has 2 aliphatic rings. The first-order valence-corrected chi connectivity index (χ1v) is 12.4. The van der Waals surface area contributed by atoms with Crippen LogP contribution in [0.4, 0.5) is 5.69 Å². The average Bonchev–Trinajstić information content (AvgIpc) is 3.51. The Hall–Kier alpha value is -2.38. The van der Waals surface area contributed by atoms with Crippen molar-refractivity contribution in [2.75, 3.05) is 18.6 Å². The molecule has 1 heterocycles. The van der Waals surface area contributed by atoms with Crippen LogP contribution in [-0.2, 0) is 21.2 Å². The molecule has 4 rings (SSSR count). The van der Waals surface area contributed by atoms with Crippen molar-refractivity contribution >= 4 is 21.6 Å². The predicted octanol–water partition coefficient (Wildman–Crippen LogP) is 4.06. The Morgan fingerprint density at radius 3 is 2.48 bits per heavy atom. The van der Waals surface area contributed by atoms with Crippen LogP contribution in [0, 0.1) is 11.8 Å². The fourth-order valence-electron chi connectivity index (χ4n) is 4.14. The van der Waals surface area contributed by atoms with E-state index in [1.165, 1.54) is 0 Å². The van der Waals surface area contributed by atoms with E-state index in [9.17, 15) is 13.2 Å². The number of amides is 1. The highest BCUT2D eigenvalue weighted by molar-refractivity contribution is 7.89. The van der Waals surface area contributed by atoms with Crippen LogP contribution in [0.3, 0.4) is 0 Å². The molecule has 7 heteroatoms. The summed E-state index contributed by atoms with van der Waals surface area (Å²) >= 11 is 0. The zero-order chi connectivity index (χ0) is 22.2. The summed E-state index contributed by atoms with van der Waals surface area (Å²) in [5.41, 5.74) is 2.67. The highest BCUT2D eigenvalue weighted by Gasteiger charge is 2.37. The van der Waals surface area contributed by atoms with Gasteiger partial charge in [-0.2, -0.15) is 0 Å². The minimum Gasteiger partial charge on any atom is -0.497 e. The fraction of sp³-hybridized carbons (Fsp3) is 0.458. The van der Waals surface area contributed by atoms with E-state index in [0.29, 0.717) is 25.3 Å². The van der Waals surface area contributed by atoms with Gasteiger partial charge >= 0.3 is 0 Å². The standard InChI is InChI=1S/C24H30N2O4S/c1-16(2)14-22(17-6-8-20(30-3)9-7-17)25-31(28,29)21-10-11-23-19(15-21)12-13-26(23)24(27)18-4-5-18/h6-11,15-16,18,22,25H,4-5,12-14H2,1-3H3/t22-/m0/s1. The summed E-state index contributed by atoms with van der Waals surface area (Å²) in [6, 6.07) is 12.3. The molecule has 1 amide bonds. The smallest absolute Gasteiger partial charge is 0.241 e. The number of ether oxygens (including phenoxy) is 1. The van der Waals surface area contributed by atoms with Crippen molar-refractivity contribution in [2.45, 2.75) is 50.5 Å². The van der Waals surface area contributed by atoms with Crippen LogP contribution in [0.25, 0.3) is 0 Å². The molecule has 31 heavy (non-hydrogen) atoms. The van der Waals surface area contributed by atoms with Crippen molar-refractivity contribution in [3.8, 4) is 5.75 Å². The van der Waals surface area contributed by atoms with Crippen molar-refractivity contribution < 1.29 is 17.9 Å². The van der Waals surface area contributed by atoms with E-state index < -0.39 is 10.0 Å². The number of methoxy groups -OCH3 is 1. The average molecular weight is 443 g/mol. The lowest BCUT2D eigenvalue weighted by molar-refractivity contribution is -0.119. The van der Waals surface area contributed by atoms with Gasteiger partial charge in [-0.05, 0) is 73.1 Å². The minimum atomic E-state index is -3.72. The molecule has 1 fully saturated rings. The second-order valence-corrected chi connectivity index (χ2v) is 10.6. The number of nitrogens with zero attached hydrogens (tertiary/aromatic N) is 1. The molecule has 1 aliphatic heterocycles. The molecule has 2 aromatic rings. The van der Waals surface area contributed by atoms with E-state index >= 15 is 0 Å². The van der Waals surface area contributed by atoms with E-state index in [4.69, 9.17) is 4.74 Å². The maximum atomic E-state index is 13.2. The summed E-state index contributed by atoms with van der Waals surface area (Å²) in [6.07, 6.45) is 3.29. The van der Waals surface area contributed by atoms with Gasteiger partial charge in [-0.3, -0.25) is 4.79 Å². The summed E-state index contributed by atoms with van der Waals surface area (Å²) in [5.74, 6) is 1.37. The van der Waals surface area contributed by atoms with Crippen LogP contribution in [-0.4, -0.2) is 28.0 Å². The first kappa shape index (κ1) is 21.8. The number of benzene rings is 2. The van der Waals surface area contributed by atoms with Gasteiger partial charge in [-0.1, -0.05) is 26.0 Å². The second-order valence-electron chi connectivity index (χ2n) is 8.88. The summed E-state index contributed by atoms with van der Waals surface area (Å²) in [4.78, 5) is 14.5. The first-order valence-electron chi connectivity index (χ1n) is 10.9. The van der Waals surface area contributed by atoms with Gasteiger partial charge in [0.05, 0.1) is 12.0 Å². The Kier molecular flexibility index (Phi) is 6.08. The van der Waals surface area contributed by atoms with Crippen LogP contribution in [0.1, 0.15) is 50.3 Å². The molecule has 0 unspecified atom stereocenters. The Labute approximate surface area is 184 Å². The Morgan fingerprint density at radius 2 is 1.87 bits per heavy atom. The third kappa shape index (κ3) is 4.77. The lowest BCUT2D eigenvalue weighted by Gasteiger charge is -2.22. The third-order valence-corrected chi connectivity index (χ3v) is 7.44. The van der Waals surface area contributed by atoms with Crippen molar-refractivity contribution in [1.82, 2.24) is 4.72 Å². The summed E-state index contributed by atoms with van der Waals surface area (Å²) in [6.45, 7) is 4.78. The van der Waals surface area contributed by atoms with Crippen molar-refractivity contribution in [3.63, 3.8) is 0 Å². The van der Waals surface area contributed by atoms with E-state index in [1.54, 1.807) is 25.3 Å². The number of sulfonamides is 1. The summed E-state index contributed by atoms with van der Waals surface area (Å²) in [7, 11) is -2.11. The molecule has 0 saturated heterocycles. The van der Waals surface area contributed by atoms with Crippen LogP contribution in [0.2, 0.25) is 0 Å². The van der Waals surface area contributed by atoms with Gasteiger partial charge in [-0.15, -0.1) is 0 Å². The molecule has 0 radical (unpaired) electrons. The SMILES string of the molecule is COc1ccc([C@H](CC(C)C)NS(=O)(=O)c2ccc3c(c2)CCN3C(=O)C2CC2)cc1. The summed E-state index contributed by atoms with van der Waals surface area (Å²) < 4.78 is 34.6. The molecule has 0 spiro atoms. The second kappa shape index (κ2) is 8.63. The van der Waals surface area contributed by atoms with E-state index in [2.05, 4.69) is 18.6 Å². The number of nitrogens with one attached hydrogen (secondary N) is 1. The lowest BCUT2D eigenvalue weighted by atomic mass is 9.98. The Morgan fingerprint density at radius 1 is 1.16 bits per heavy atom. The normalized spacial score (nSPS) is 17.0. The van der Waals surface area contributed by atoms with Crippen LogP contribution >= 0.6 is 0 Å². The molecule has 1 saturated carbocycles. The van der Waals surface area contributed by atoms with E-state index in [0.717, 1.165) is 35.4 Å². The van der Waals surface area contributed by atoms with Gasteiger partial charge in [0.15, 0.2) is 0 Å². The third-order valence-electron chi connectivity index (χ3n) is 5.97. The zero-order valence-corrected chi connectivity index (χ0v) is 19.1. The van der Waals surface area contributed by atoms with Crippen molar-refractivity contribution in [3.05, 3.63) is 53.6 Å². The highest BCUT2D eigenvalue weighted by atomic mass is 32.2. The largest absolute Gasteiger partial charge is 0.497 e. The fourth-order valence-corrected chi connectivity index (χ4v) is 5.43.